The van der Waals surface area contributed by atoms with E-state index in [4.69, 9.17) is 5.11 Å². The first kappa shape index (κ1) is 9.22. The summed E-state index contributed by atoms with van der Waals surface area (Å²) < 4.78 is 0. The van der Waals surface area contributed by atoms with Gasteiger partial charge in [0.25, 0.3) is 0 Å². The molecule has 0 unspecified atom stereocenters. The van der Waals surface area contributed by atoms with Crippen LogP contribution in [-0.2, 0) is 17.4 Å². The molecule has 1 aromatic rings. The summed E-state index contributed by atoms with van der Waals surface area (Å²) in [5.74, 6) is 0.0347. The average Bonchev–Trinajstić information content (AvgIpc) is 1.89. The molecule has 0 amide bonds. The summed E-state index contributed by atoms with van der Waals surface area (Å²) in [5.41, 5.74) is 0.331. The molecule has 52 valence electrons. The molecule has 0 fully saturated rings. The van der Waals surface area contributed by atoms with Gasteiger partial charge in [-0.15, -0.1) is 0 Å². The largest absolute Gasteiger partial charge is 0.507 e. The number of para-hydroxylation sites is 1. The maximum absolute atomic E-state index is 10.1. The van der Waals surface area contributed by atoms with Crippen LogP contribution in [0.4, 0.5) is 0 Å². The first-order valence-corrected chi connectivity index (χ1v) is 2.58. The van der Waals surface area contributed by atoms with E-state index in [9.17, 15) is 4.79 Å². The third-order valence-corrected chi connectivity index (χ3v) is 1.06. The van der Waals surface area contributed by atoms with Crippen LogP contribution in [0.1, 0.15) is 10.4 Å². The van der Waals surface area contributed by atoms with E-state index in [2.05, 4.69) is 0 Å². The van der Waals surface area contributed by atoms with Crippen LogP contribution in [0.3, 0.4) is 0 Å². The molecule has 1 rings (SSSR count). The van der Waals surface area contributed by atoms with Crippen LogP contribution in [0, 0.1) is 0 Å². The summed E-state index contributed by atoms with van der Waals surface area (Å²) >= 11 is 0. The number of rotatable bonds is 1. The van der Waals surface area contributed by atoms with E-state index < -0.39 is 0 Å². The van der Waals surface area contributed by atoms with E-state index in [0.29, 0.717) is 11.8 Å². The Bertz CT molecular complexity index is 223. The summed E-state index contributed by atoms with van der Waals surface area (Å²) in [6, 6.07) is 6.40. The zero-order valence-corrected chi connectivity index (χ0v) is 6.43. The first-order chi connectivity index (χ1) is 4.34. The molecule has 0 saturated heterocycles. The molecule has 3 heteroatoms. The van der Waals surface area contributed by atoms with E-state index in [-0.39, 0.29) is 23.1 Å². The van der Waals surface area contributed by atoms with Crippen LogP contribution < -0.4 is 0 Å². The summed E-state index contributed by atoms with van der Waals surface area (Å²) in [6.45, 7) is 0. The maximum atomic E-state index is 10.1. The number of carbonyl (C=O) groups is 1. The molecule has 0 heterocycles. The van der Waals surface area contributed by atoms with Gasteiger partial charge in [0, 0.05) is 17.4 Å². The SMILES string of the molecule is O=Cc1ccccc1O.[Cr]. The number of hydrogen-bond donors (Lipinski definition) is 1. The van der Waals surface area contributed by atoms with Crippen molar-refractivity contribution in [3.8, 4) is 5.75 Å². The van der Waals surface area contributed by atoms with Crippen molar-refractivity contribution in [3.05, 3.63) is 29.8 Å². The number of aromatic hydroxyl groups is 1. The van der Waals surface area contributed by atoms with Crippen LogP contribution in [0.2, 0.25) is 0 Å². The Morgan fingerprint density at radius 1 is 1.30 bits per heavy atom. The number of aldehydes is 1. The third-order valence-electron chi connectivity index (χ3n) is 1.06. The average molecular weight is 174 g/mol. The van der Waals surface area contributed by atoms with Crippen molar-refractivity contribution in [1.29, 1.82) is 0 Å². The number of benzene rings is 1. The number of carbonyl (C=O) groups excluding carboxylic acids is 1. The van der Waals surface area contributed by atoms with Gasteiger partial charge >= 0.3 is 0 Å². The molecule has 10 heavy (non-hydrogen) atoms. The number of phenols is 1. The molecule has 0 aliphatic rings. The second-order valence-electron chi connectivity index (χ2n) is 1.68. The van der Waals surface area contributed by atoms with Gasteiger partial charge in [-0.3, -0.25) is 4.79 Å². The normalized spacial score (nSPS) is 8.00. The third kappa shape index (κ3) is 1.87. The molecule has 0 saturated carbocycles. The molecular weight excluding hydrogens is 168 g/mol. The molecule has 0 atom stereocenters. The molecule has 1 N–H and O–H groups in total. The standard InChI is InChI=1S/C7H6O2.Cr/c8-5-6-3-1-2-4-7(6)9;/h1-5,9H;. The zero-order valence-electron chi connectivity index (χ0n) is 5.15. The second-order valence-corrected chi connectivity index (χ2v) is 1.68. The molecule has 1 aromatic carbocycles. The zero-order chi connectivity index (χ0) is 6.69. The van der Waals surface area contributed by atoms with Gasteiger partial charge in [0.1, 0.15) is 5.75 Å². The Morgan fingerprint density at radius 3 is 2.30 bits per heavy atom. The fourth-order valence-corrected chi connectivity index (χ4v) is 0.587. The van der Waals surface area contributed by atoms with Crippen molar-refractivity contribution < 1.29 is 27.3 Å². The topological polar surface area (TPSA) is 37.3 Å². The van der Waals surface area contributed by atoms with Gasteiger partial charge in [-0.1, -0.05) is 12.1 Å². The van der Waals surface area contributed by atoms with Crippen LogP contribution in [-0.4, -0.2) is 11.4 Å². The van der Waals surface area contributed by atoms with Crippen LogP contribution in [0.5, 0.6) is 5.75 Å². The number of phenolic OH excluding ortho intramolecular Hbond substituents is 1. The molecule has 0 bridgehead atoms. The van der Waals surface area contributed by atoms with Crippen molar-refractivity contribution in [1.82, 2.24) is 0 Å². The first-order valence-electron chi connectivity index (χ1n) is 2.58. The molecule has 0 spiro atoms. The van der Waals surface area contributed by atoms with E-state index >= 15 is 0 Å². The van der Waals surface area contributed by atoms with Gasteiger partial charge in [0.2, 0.25) is 0 Å². The van der Waals surface area contributed by atoms with E-state index in [1.165, 1.54) is 6.07 Å². The van der Waals surface area contributed by atoms with Gasteiger partial charge in [-0.25, -0.2) is 0 Å². The van der Waals surface area contributed by atoms with Gasteiger partial charge in [-0.2, -0.15) is 0 Å². The van der Waals surface area contributed by atoms with Crippen molar-refractivity contribution >= 4 is 6.29 Å². The minimum absolute atomic E-state index is 0. The van der Waals surface area contributed by atoms with Gasteiger partial charge in [0.05, 0.1) is 5.56 Å². The molecule has 0 radical (unpaired) electrons. The Balaban J connectivity index is 0.000000810. The van der Waals surface area contributed by atoms with Crippen molar-refractivity contribution in [2.75, 3.05) is 0 Å². The monoisotopic (exact) mass is 174 g/mol. The minimum atomic E-state index is 0. The van der Waals surface area contributed by atoms with E-state index in [1.807, 2.05) is 0 Å². The minimum Gasteiger partial charge on any atom is -0.507 e. The smallest absolute Gasteiger partial charge is 0.153 e. The van der Waals surface area contributed by atoms with Crippen LogP contribution in [0.25, 0.3) is 0 Å². The Morgan fingerprint density at radius 2 is 1.90 bits per heavy atom. The van der Waals surface area contributed by atoms with Crippen LogP contribution >= 0.6 is 0 Å². The van der Waals surface area contributed by atoms with Gasteiger partial charge in [-0.05, 0) is 12.1 Å². The molecule has 0 aromatic heterocycles. The molecule has 0 aliphatic heterocycles. The fraction of sp³-hybridized carbons (Fsp3) is 0. The Hall–Kier alpha value is -0.778. The van der Waals surface area contributed by atoms with Gasteiger partial charge < -0.3 is 5.11 Å². The summed E-state index contributed by atoms with van der Waals surface area (Å²) in [7, 11) is 0. The second kappa shape index (κ2) is 4.10. The Kier molecular flexibility index (Phi) is 3.79. The van der Waals surface area contributed by atoms with Crippen molar-refractivity contribution in [2.24, 2.45) is 0 Å². The van der Waals surface area contributed by atoms with Crippen LogP contribution in [0.15, 0.2) is 24.3 Å². The molecular formula is C7H6CrO2. The van der Waals surface area contributed by atoms with Gasteiger partial charge in [0.15, 0.2) is 6.29 Å². The summed E-state index contributed by atoms with van der Waals surface area (Å²) in [4.78, 5) is 10.1. The van der Waals surface area contributed by atoms with E-state index in [1.54, 1.807) is 18.2 Å². The quantitative estimate of drug-likeness (QED) is 0.649. The van der Waals surface area contributed by atoms with E-state index in [0.717, 1.165) is 0 Å². The predicted molar refractivity (Wildman–Crippen MR) is 33.5 cm³/mol. The molecule has 0 aliphatic carbocycles. The Labute approximate surface area is 69.6 Å². The van der Waals surface area contributed by atoms with Crippen molar-refractivity contribution in [3.63, 3.8) is 0 Å². The molecule has 2 nitrogen and oxygen atoms in total. The van der Waals surface area contributed by atoms with Crippen molar-refractivity contribution in [2.45, 2.75) is 0 Å². The fourth-order valence-electron chi connectivity index (χ4n) is 0.587. The number of hydrogen-bond acceptors (Lipinski definition) is 2. The predicted octanol–water partition coefficient (Wildman–Crippen LogP) is 1.20. The summed E-state index contributed by atoms with van der Waals surface area (Å²) in [5, 5.41) is 8.88. The summed E-state index contributed by atoms with van der Waals surface area (Å²) in [6.07, 6.45) is 0.620. The maximum Gasteiger partial charge on any atom is 0.153 e.